The number of para-hydroxylation sites is 1. The van der Waals surface area contributed by atoms with E-state index < -0.39 is 10.0 Å². The van der Waals surface area contributed by atoms with Gasteiger partial charge in [-0.1, -0.05) is 42.5 Å². The fourth-order valence-electron chi connectivity index (χ4n) is 3.44. The monoisotopic (exact) mass is 340 g/mol. The number of rotatable bonds is 3. The van der Waals surface area contributed by atoms with Gasteiger partial charge in [-0.25, -0.2) is 8.42 Å². The van der Waals surface area contributed by atoms with Crippen LogP contribution in [0.4, 0.5) is 0 Å². The third kappa shape index (κ3) is 2.64. The molecule has 0 saturated heterocycles. The fourth-order valence-corrected chi connectivity index (χ4v) is 5.03. The smallest absolute Gasteiger partial charge is 0.218 e. The normalized spacial score (nSPS) is 15.5. The van der Waals surface area contributed by atoms with E-state index in [2.05, 4.69) is 11.1 Å². The molecule has 1 N–H and O–H groups in total. The number of hydrogen-bond donors (Lipinski definition) is 1. The van der Waals surface area contributed by atoms with Crippen LogP contribution in [0.1, 0.15) is 22.4 Å². The van der Waals surface area contributed by atoms with Gasteiger partial charge >= 0.3 is 0 Å². The highest BCUT2D eigenvalue weighted by Crippen LogP contribution is 2.29. The second-order valence-corrected chi connectivity index (χ2v) is 8.36. The molecule has 3 aromatic rings. The van der Waals surface area contributed by atoms with Crippen LogP contribution in [0, 0.1) is 6.92 Å². The van der Waals surface area contributed by atoms with Gasteiger partial charge in [-0.05, 0) is 29.7 Å². The summed E-state index contributed by atoms with van der Waals surface area (Å²) >= 11 is 0. The summed E-state index contributed by atoms with van der Waals surface area (Å²) in [7, 11) is -3.33. The molecule has 4 nitrogen and oxygen atoms in total. The average molecular weight is 340 g/mol. The maximum Gasteiger partial charge on any atom is 0.218 e. The zero-order valence-electron chi connectivity index (χ0n) is 13.6. The van der Waals surface area contributed by atoms with Gasteiger partial charge in [-0.15, -0.1) is 0 Å². The number of nitrogens with one attached hydrogen (secondary N) is 1. The Morgan fingerprint density at radius 1 is 1.08 bits per heavy atom. The predicted molar refractivity (Wildman–Crippen MR) is 96.2 cm³/mol. The number of aromatic amines is 1. The predicted octanol–water partition coefficient (Wildman–Crippen LogP) is 3.36. The van der Waals surface area contributed by atoms with E-state index in [1.54, 1.807) is 4.31 Å². The molecular formula is C19H20N2O2S. The van der Waals surface area contributed by atoms with E-state index >= 15 is 0 Å². The minimum atomic E-state index is -3.33. The van der Waals surface area contributed by atoms with E-state index in [0.29, 0.717) is 13.1 Å². The number of fused-ring (bicyclic) bond motifs is 3. The van der Waals surface area contributed by atoms with Crippen molar-refractivity contribution in [3.05, 3.63) is 70.9 Å². The molecule has 2 aromatic carbocycles. The number of aryl methyl sites for hydroxylation is 1. The highest BCUT2D eigenvalue weighted by molar-refractivity contribution is 7.88. The number of sulfonamides is 1. The molecule has 5 heteroatoms. The Kier molecular flexibility index (Phi) is 3.70. The van der Waals surface area contributed by atoms with Gasteiger partial charge in [0.1, 0.15) is 0 Å². The highest BCUT2D eigenvalue weighted by atomic mass is 32.2. The van der Waals surface area contributed by atoms with Crippen LogP contribution < -0.4 is 0 Å². The summed E-state index contributed by atoms with van der Waals surface area (Å²) in [6.07, 6.45) is 0.733. The Morgan fingerprint density at radius 2 is 1.83 bits per heavy atom. The molecule has 0 bridgehead atoms. The van der Waals surface area contributed by atoms with Gasteiger partial charge in [-0.2, -0.15) is 4.31 Å². The first-order valence-electron chi connectivity index (χ1n) is 8.15. The minimum absolute atomic E-state index is 0.0668. The maximum atomic E-state index is 12.9. The fraction of sp³-hybridized carbons (Fsp3) is 0.263. The van der Waals surface area contributed by atoms with Gasteiger partial charge < -0.3 is 4.98 Å². The number of aromatic nitrogens is 1. The van der Waals surface area contributed by atoms with Crippen molar-refractivity contribution in [1.29, 1.82) is 0 Å². The molecule has 0 aliphatic carbocycles. The van der Waals surface area contributed by atoms with Crippen LogP contribution in [0.15, 0.2) is 48.5 Å². The van der Waals surface area contributed by atoms with E-state index in [-0.39, 0.29) is 5.75 Å². The minimum Gasteiger partial charge on any atom is -0.358 e. The molecule has 0 radical (unpaired) electrons. The van der Waals surface area contributed by atoms with Crippen LogP contribution >= 0.6 is 0 Å². The highest BCUT2D eigenvalue weighted by Gasteiger charge is 2.29. The van der Waals surface area contributed by atoms with Crippen molar-refractivity contribution < 1.29 is 8.42 Å². The second-order valence-electron chi connectivity index (χ2n) is 6.39. The number of hydrogen-bond acceptors (Lipinski definition) is 2. The van der Waals surface area contributed by atoms with Crippen LogP contribution in [0.25, 0.3) is 10.9 Å². The Morgan fingerprint density at radius 3 is 2.67 bits per heavy atom. The Bertz CT molecular complexity index is 1010. The third-order valence-electron chi connectivity index (χ3n) is 4.84. The molecule has 1 aliphatic rings. The first-order chi connectivity index (χ1) is 11.5. The van der Waals surface area contributed by atoms with E-state index in [9.17, 15) is 8.42 Å². The first-order valence-corrected chi connectivity index (χ1v) is 9.76. The summed E-state index contributed by atoms with van der Waals surface area (Å²) in [6.45, 7) is 2.94. The lowest BCUT2D eigenvalue weighted by Gasteiger charge is -2.26. The Labute approximate surface area is 142 Å². The van der Waals surface area contributed by atoms with Crippen LogP contribution in [0.3, 0.4) is 0 Å². The molecule has 0 saturated carbocycles. The van der Waals surface area contributed by atoms with Crippen LogP contribution in [-0.4, -0.2) is 24.3 Å². The molecule has 0 spiro atoms. The number of H-pyrrole nitrogens is 1. The van der Waals surface area contributed by atoms with Crippen LogP contribution in [-0.2, 0) is 28.7 Å². The molecule has 1 aromatic heterocycles. The van der Waals surface area contributed by atoms with E-state index in [1.165, 1.54) is 5.69 Å². The molecule has 2 heterocycles. The summed E-state index contributed by atoms with van der Waals surface area (Å²) in [5, 5.41) is 1.13. The standard InChI is InChI=1S/C19H20N2O2S/c1-14-6-2-3-7-15(14)13-24(22,23)21-11-10-19-17(12-21)16-8-4-5-9-18(16)20-19/h2-9,20H,10-13H2,1H3. The molecule has 0 atom stereocenters. The summed E-state index contributed by atoms with van der Waals surface area (Å²) in [6, 6.07) is 15.8. The first kappa shape index (κ1) is 15.4. The van der Waals surface area contributed by atoms with Gasteiger partial charge in [0, 0.05) is 36.1 Å². The van der Waals surface area contributed by atoms with Crippen molar-refractivity contribution >= 4 is 20.9 Å². The number of benzene rings is 2. The van der Waals surface area contributed by atoms with Gasteiger partial charge in [-0.3, -0.25) is 0 Å². The van der Waals surface area contributed by atoms with Crippen molar-refractivity contribution in [3.63, 3.8) is 0 Å². The van der Waals surface area contributed by atoms with Crippen LogP contribution in [0.2, 0.25) is 0 Å². The quantitative estimate of drug-likeness (QED) is 0.795. The molecule has 0 amide bonds. The van der Waals surface area contributed by atoms with Crippen molar-refractivity contribution in [1.82, 2.24) is 9.29 Å². The van der Waals surface area contributed by atoms with E-state index in [1.807, 2.05) is 49.4 Å². The summed E-state index contributed by atoms with van der Waals surface area (Å²) in [5.41, 5.74) is 5.26. The molecule has 0 fully saturated rings. The van der Waals surface area contributed by atoms with Gasteiger partial charge in [0.2, 0.25) is 10.0 Å². The lowest BCUT2D eigenvalue weighted by atomic mass is 10.1. The molecular weight excluding hydrogens is 320 g/mol. The largest absolute Gasteiger partial charge is 0.358 e. The molecule has 1 aliphatic heterocycles. The van der Waals surface area contributed by atoms with Crippen molar-refractivity contribution in [3.8, 4) is 0 Å². The lowest BCUT2D eigenvalue weighted by molar-refractivity contribution is 0.390. The average Bonchev–Trinajstić information content (AvgIpc) is 2.95. The molecule has 24 heavy (non-hydrogen) atoms. The van der Waals surface area contributed by atoms with Gasteiger partial charge in [0.15, 0.2) is 0 Å². The zero-order valence-corrected chi connectivity index (χ0v) is 14.4. The maximum absolute atomic E-state index is 12.9. The van der Waals surface area contributed by atoms with E-state index in [4.69, 9.17) is 0 Å². The third-order valence-corrected chi connectivity index (χ3v) is 6.61. The van der Waals surface area contributed by atoms with E-state index in [0.717, 1.165) is 34.0 Å². The molecule has 0 unspecified atom stereocenters. The number of nitrogens with zero attached hydrogens (tertiary/aromatic N) is 1. The Balaban J connectivity index is 1.65. The van der Waals surface area contributed by atoms with Gasteiger partial charge in [0.05, 0.1) is 5.75 Å². The SMILES string of the molecule is Cc1ccccc1CS(=O)(=O)N1CCc2[nH]c3ccccc3c2C1. The topological polar surface area (TPSA) is 53.2 Å². The molecule has 4 rings (SSSR count). The molecule has 124 valence electrons. The summed E-state index contributed by atoms with van der Waals surface area (Å²) in [4.78, 5) is 3.43. The summed E-state index contributed by atoms with van der Waals surface area (Å²) in [5.74, 6) is 0.0668. The van der Waals surface area contributed by atoms with Gasteiger partial charge in [0.25, 0.3) is 0 Å². The van der Waals surface area contributed by atoms with Crippen molar-refractivity contribution in [2.24, 2.45) is 0 Å². The lowest BCUT2D eigenvalue weighted by Crippen LogP contribution is -2.36. The van der Waals surface area contributed by atoms with Crippen molar-refractivity contribution in [2.75, 3.05) is 6.54 Å². The Hall–Kier alpha value is -2.11. The van der Waals surface area contributed by atoms with Crippen molar-refractivity contribution in [2.45, 2.75) is 25.6 Å². The summed E-state index contributed by atoms with van der Waals surface area (Å²) < 4.78 is 27.4. The second kappa shape index (κ2) is 5.76. The van der Waals surface area contributed by atoms with Crippen LogP contribution in [0.5, 0.6) is 0 Å². The zero-order chi connectivity index (χ0) is 16.7.